The molecule has 0 saturated carbocycles. The van der Waals surface area contributed by atoms with Crippen molar-refractivity contribution in [1.29, 1.82) is 0 Å². The van der Waals surface area contributed by atoms with Crippen LogP contribution in [-0.2, 0) is 4.79 Å². The first-order valence-corrected chi connectivity index (χ1v) is 7.34. The Balaban J connectivity index is 2.01. The molecule has 1 aliphatic rings. The number of para-hydroxylation sites is 1. The van der Waals surface area contributed by atoms with Crippen LogP contribution >= 0.6 is 0 Å². The number of hydrazine groups is 1. The molecule has 0 unspecified atom stereocenters. The number of phenolic OH excluding ortho intramolecular Hbond substituents is 1. The Hall–Kier alpha value is -2.75. The molecular weight excluding hydrogens is 276 g/mol. The fourth-order valence-electron chi connectivity index (χ4n) is 2.60. The van der Waals surface area contributed by atoms with Gasteiger partial charge in [-0.05, 0) is 17.7 Å². The fourth-order valence-corrected chi connectivity index (χ4v) is 2.60. The van der Waals surface area contributed by atoms with Gasteiger partial charge in [-0.25, -0.2) is 5.01 Å². The topological polar surface area (TPSA) is 52.6 Å². The highest BCUT2D eigenvalue weighted by molar-refractivity contribution is 5.81. The van der Waals surface area contributed by atoms with Gasteiger partial charge in [0.2, 0.25) is 5.91 Å². The first kappa shape index (κ1) is 14.2. The molecule has 4 nitrogen and oxygen atoms in total. The Labute approximate surface area is 129 Å². The summed E-state index contributed by atoms with van der Waals surface area (Å²) < 4.78 is 0. The van der Waals surface area contributed by atoms with Crippen LogP contribution in [0.4, 0.5) is 0 Å². The second-order valence-corrected chi connectivity index (χ2v) is 5.18. The zero-order valence-corrected chi connectivity index (χ0v) is 12.4. The van der Waals surface area contributed by atoms with Crippen LogP contribution in [0.15, 0.2) is 60.7 Å². The second kappa shape index (κ2) is 5.93. The standard InChI is InChI=1S/C18H18N2O2/c1-2-18(22)20-16(14-10-6-7-11-17(14)21)12-15(19-20)13-8-4-3-5-9-13/h3-12,16,19,21H,2H2,1H3/t16-/m1/s1. The highest BCUT2D eigenvalue weighted by atomic mass is 16.3. The van der Waals surface area contributed by atoms with Crippen LogP contribution in [-0.4, -0.2) is 16.0 Å². The van der Waals surface area contributed by atoms with Gasteiger partial charge in [0, 0.05) is 12.0 Å². The number of hydrogen-bond donors (Lipinski definition) is 2. The number of amides is 1. The number of carbonyl (C=O) groups excluding carboxylic acids is 1. The first-order chi connectivity index (χ1) is 10.7. The normalized spacial score (nSPS) is 17.0. The van der Waals surface area contributed by atoms with Crippen LogP contribution in [0.2, 0.25) is 0 Å². The molecule has 0 aliphatic carbocycles. The lowest BCUT2D eigenvalue weighted by molar-refractivity contribution is -0.134. The molecule has 1 atom stereocenters. The van der Waals surface area contributed by atoms with Gasteiger partial charge in [0.15, 0.2) is 0 Å². The first-order valence-electron chi connectivity index (χ1n) is 7.34. The molecule has 0 saturated heterocycles. The zero-order chi connectivity index (χ0) is 15.5. The lowest BCUT2D eigenvalue weighted by Gasteiger charge is -2.25. The largest absolute Gasteiger partial charge is 0.508 e. The van der Waals surface area contributed by atoms with E-state index in [9.17, 15) is 9.90 Å². The number of benzene rings is 2. The van der Waals surface area contributed by atoms with E-state index in [1.165, 1.54) is 0 Å². The summed E-state index contributed by atoms with van der Waals surface area (Å²) in [5.74, 6) is 0.171. The van der Waals surface area contributed by atoms with Crippen LogP contribution in [0.3, 0.4) is 0 Å². The van der Waals surface area contributed by atoms with Gasteiger partial charge >= 0.3 is 0 Å². The Kier molecular flexibility index (Phi) is 3.83. The van der Waals surface area contributed by atoms with Gasteiger partial charge in [-0.1, -0.05) is 55.5 Å². The Morgan fingerprint density at radius 2 is 1.82 bits per heavy atom. The van der Waals surface area contributed by atoms with E-state index in [1.54, 1.807) is 17.1 Å². The quantitative estimate of drug-likeness (QED) is 0.914. The number of phenols is 1. The van der Waals surface area contributed by atoms with E-state index in [4.69, 9.17) is 0 Å². The molecule has 2 aromatic carbocycles. The van der Waals surface area contributed by atoms with Crippen LogP contribution in [0, 0.1) is 0 Å². The van der Waals surface area contributed by atoms with E-state index in [0.29, 0.717) is 12.0 Å². The van der Waals surface area contributed by atoms with Crippen molar-refractivity contribution in [3.8, 4) is 5.75 Å². The molecular formula is C18H18N2O2. The molecule has 112 valence electrons. The third-order valence-electron chi connectivity index (χ3n) is 3.75. The van der Waals surface area contributed by atoms with Gasteiger partial charge in [-0.2, -0.15) is 0 Å². The molecule has 0 aromatic heterocycles. The van der Waals surface area contributed by atoms with Crippen LogP contribution in [0.5, 0.6) is 5.75 Å². The molecule has 4 heteroatoms. The summed E-state index contributed by atoms with van der Waals surface area (Å²) in [7, 11) is 0. The molecule has 1 amide bonds. The van der Waals surface area contributed by atoms with Crippen molar-refractivity contribution in [3.63, 3.8) is 0 Å². The smallest absolute Gasteiger partial charge is 0.241 e. The number of hydrogen-bond acceptors (Lipinski definition) is 3. The monoisotopic (exact) mass is 294 g/mol. The molecule has 22 heavy (non-hydrogen) atoms. The van der Waals surface area contributed by atoms with Gasteiger partial charge in [0.05, 0.1) is 5.70 Å². The highest BCUT2D eigenvalue weighted by Gasteiger charge is 2.31. The Morgan fingerprint density at radius 3 is 2.50 bits per heavy atom. The number of nitrogens with one attached hydrogen (secondary N) is 1. The fraction of sp³-hybridized carbons (Fsp3) is 0.167. The summed E-state index contributed by atoms with van der Waals surface area (Å²) in [6.07, 6.45) is 2.37. The average Bonchev–Trinajstić information content (AvgIpc) is 3.00. The van der Waals surface area contributed by atoms with Crippen LogP contribution < -0.4 is 5.43 Å². The van der Waals surface area contributed by atoms with Crippen molar-refractivity contribution in [2.75, 3.05) is 0 Å². The molecule has 1 heterocycles. The minimum atomic E-state index is -0.316. The van der Waals surface area contributed by atoms with Gasteiger partial charge in [-0.15, -0.1) is 0 Å². The number of nitrogens with zero attached hydrogens (tertiary/aromatic N) is 1. The molecule has 2 aromatic rings. The van der Waals surface area contributed by atoms with E-state index in [1.807, 2.05) is 55.5 Å². The summed E-state index contributed by atoms with van der Waals surface area (Å²) in [4.78, 5) is 12.2. The summed E-state index contributed by atoms with van der Waals surface area (Å²) in [6, 6.07) is 16.6. The van der Waals surface area contributed by atoms with Crippen molar-refractivity contribution in [3.05, 3.63) is 71.8 Å². The van der Waals surface area contributed by atoms with E-state index in [-0.39, 0.29) is 17.7 Å². The van der Waals surface area contributed by atoms with E-state index >= 15 is 0 Å². The Morgan fingerprint density at radius 1 is 1.14 bits per heavy atom. The maximum atomic E-state index is 12.2. The third kappa shape index (κ3) is 2.55. The van der Waals surface area contributed by atoms with Gasteiger partial charge in [-0.3, -0.25) is 10.2 Å². The van der Waals surface area contributed by atoms with E-state index in [2.05, 4.69) is 5.43 Å². The van der Waals surface area contributed by atoms with Crippen molar-refractivity contribution < 1.29 is 9.90 Å². The summed E-state index contributed by atoms with van der Waals surface area (Å²) in [5.41, 5.74) is 5.76. The third-order valence-corrected chi connectivity index (χ3v) is 3.75. The predicted octanol–water partition coefficient (Wildman–Crippen LogP) is 3.23. The van der Waals surface area contributed by atoms with Crippen molar-refractivity contribution in [2.24, 2.45) is 0 Å². The maximum absolute atomic E-state index is 12.2. The lowest BCUT2D eigenvalue weighted by atomic mass is 10.0. The molecule has 2 N–H and O–H groups in total. The SMILES string of the molecule is CCC(=O)N1NC(c2ccccc2)=C[C@@H]1c1ccccc1O. The molecule has 0 fully saturated rings. The second-order valence-electron chi connectivity index (χ2n) is 5.18. The van der Waals surface area contributed by atoms with Gasteiger partial charge in [0.1, 0.15) is 11.8 Å². The molecule has 0 bridgehead atoms. The van der Waals surface area contributed by atoms with Crippen molar-refractivity contribution in [1.82, 2.24) is 10.4 Å². The summed E-state index contributed by atoms with van der Waals surface area (Å²) in [5, 5.41) is 11.7. The van der Waals surface area contributed by atoms with Gasteiger partial charge in [0.25, 0.3) is 0 Å². The minimum absolute atomic E-state index is 0.0181. The lowest BCUT2D eigenvalue weighted by Crippen LogP contribution is -2.39. The number of aromatic hydroxyl groups is 1. The maximum Gasteiger partial charge on any atom is 0.241 e. The molecule has 1 aliphatic heterocycles. The van der Waals surface area contributed by atoms with Crippen LogP contribution in [0.1, 0.15) is 30.5 Å². The molecule has 3 rings (SSSR count). The Bertz CT molecular complexity index is 710. The zero-order valence-electron chi connectivity index (χ0n) is 12.4. The van der Waals surface area contributed by atoms with Crippen molar-refractivity contribution >= 4 is 11.6 Å². The predicted molar refractivity (Wildman–Crippen MR) is 85.5 cm³/mol. The average molecular weight is 294 g/mol. The molecule has 0 radical (unpaired) electrons. The van der Waals surface area contributed by atoms with E-state index in [0.717, 1.165) is 11.3 Å². The summed E-state index contributed by atoms with van der Waals surface area (Å²) >= 11 is 0. The highest BCUT2D eigenvalue weighted by Crippen LogP contribution is 2.35. The van der Waals surface area contributed by atoms with Gasteiger partial charge < -0.3 is 5.11 Å². The van der Waals surface area contributed by atoms with Crippen LogP contribution in [0.25, 0.3) is 5.70 Å². The number of carbonyl (C=O) groups is 1. The summed E-state index contributed by atoms with van der Waals surface area (Å²) in [6.45, 7) is 1.83. The number of rotatable bonds is 3. The van der Waals surface area contributed by atoms with Crippen molar-refractivity contribution in [2.45, 2.75) is 19.4 Å². The molecule has 0 spiro atoms. The minimum Gasteiger partial charge on any atom is -0.508 e. The van der Waals surface area contributed by atoms with E-state index < -0.39 is 0 Å².